The van der Waals surface area contributed by atoms with Crippen LogP contribution >= 0.6 is 0 Å². The number of nitrogens with zero attached hydrogens (tertiary/aromatic N) is 3. The number of aromatic nitrogens is 2. The average molecular weight is 421 g/mol. The van der Waals surface area contributed by atoms with E-state index in [0.717, 1.165) is 70.2 Å². The van der Waals surface area contributed by atoms with Crippen molar-refractivity contribution >= 4 is 38.5 Å². The molecule has 3 aromatic carbocycles. The molecule has 0 spiro atoms. The predicted molar refractivity (Wildman–Crippen MR) is 130 cm³/mol. The number of amides is 1. The smallest absolute Gasteiger partial charge is 0.254 e. The number of likely N-dealkylation sites (N-methyl/N-ethyl adjacent to an activating group) is 1. The molecule has 1 saturated heterocycles. The van der Waals surface area contributed by atoms with Crippen LogP contribution in [0.15, 0.2) is 72.9 Å². The van der Waals surface area contributed by atoms with E-state index in [9.17, 15) is 4.79 Å². The Bertz CT molecular complexity index is 1470. The summed E-state index contributed by atoms with van der Waals surface area (Å²) in [6, 6.07) is 22.7. The van der Waals surface area contributed by atoms with E-state index in [-0.39, 0.29) is 5.91 Å². The zero-order valence-electron chi connectivity index (χ0n) is 18.0. The topological polar surface area (TPSA) is 52.2 Å². The first-order valence-electron chi connectivity index (χ1n) is 11.1. The number of piperazine rings is 1. The maximum absolute atomic E-state index is 13.1. The molecule has 1 amide bonds. The molecule has 0 saturated carbocycles. The van der Waals surface area contributed by atoms with Gasteiger partial charge in [0.25, 0.3) is 5.91 Å². The van der Waals surface area contributed by atoms with Crippen molar-refractivity contribution < 1.29 is 4.79 Å². The van der Waals surface area contributed by atoms with E-state index < -0.39 is 0 Å². The van der Waals surface area contributed by atoms with E-state index in [1.165, 1.54) is 5.39 Å². The van der Waals surface area contributed by atoms with Crippen molar-refractivity contribution in [3.63, 3.8) is 0 Å². The number of nitrogens with one attached hydrogen (secondary N) is 1. The number of carbonyl (C=O) groups excluding carboxylic acids is 1. The van der Waals surface area contributed by atoms with Crippen LogP contribution in [0.25, 0.3) is 43.8 Å². The molecular formula is C27H24N4O. The SMILES string of the molecule is CN1CCN(C(=O)c2ccc3c(c2)[nH]c2cccc(-c4nccc5ccccc45)c23)CC1. The number of hydrogen-bond donors (Lipinski definition) is 1. The third-order valence-corrected chi connectivity index (χ3v) is 6.59. The molecule has 1 fully saturated rings. The summed E-state index contributed by atoms with van der Waals surface area (Å²) in [6.45, 7) is 3.39. The lowest BCUT2D eigenvalue weighted by atomic mass is 9.99. The Kier molecular flexibility index (Phi) is 4.44. The van der Waals surface area contributed by atoms with Crippen LogP contribution in [0.2, 0.25) is 0 Å². The van der Waals surface area contributed by atoms with Gasteiger partial charge in [-0.1, -0.05) is 42.5 Å². The first-order valence-corrected chi connectivity index (χ1v) is 11.1. The second-order valence-electron chi connectivity index (χ2n) is 8.59. The van der Waals surface area contributed by atoms with Crippen LogP contribution in [-0.4, -0.2) is 58.9 Å². The van der Waals surface area contributed by atoms with Gasteiger partial charge in [-0.2, -0.15) is 0 Å². The van der Waals surface area contributed by atoms with Crippen LogP contribution in [-0.2, 0) is 0 Å². The van der Waals surface area contributed by atoms with E-state index in [4.69, 9.17) is 4.98 Å². The second-order valence-corrected chi connectivity index (χ2v) is 8.59. The van der Waals surface area contributed by atoms with Crippen molar-refractivity contribution in [2.45, 2.75) is 0 Å². The Hall–Kier alpha value is -3.70. The van der Waals surface area contributed by atoms with Crippen LogP contribution in [0.1, 0.15) is 10.4 Å². The van der Waals surface area contributed by atoms with Crippen molar-refractivity contribution in [1.29, 1.82) is 0 Å². The molecule has 158 valence electrons. The maximum Gasteiger partial charge on any atom is 0.254 e. The first kappa shape index (κ1) is 19.0. The zero-order valence-corrected chi connectivity index (χ0v) is 18.0. The highest BCUT2D eigenvalue weighted by molar-refractivity contribution is 6.17. The number of aromatic amines is 1. The normalized spacial score (nSPS) is 15.1. The summed E-state index contributed by atoms with van der Waals surface area (Å²) in [4.78, 5) is 25.6. The Balaban J connectivity index is 1.48. The molecule has 32 heavy (non-hydrogen) atoms. The highest BCUT2D eigenvalue weighted by Crippen LogP contribution is 2.36. The third kappa shape index (κ3) is 3.05. The van der Waals surface area contributed by atoms with E-state index in [1.54, 1.807) is 0 Å². The van der Waals surface area contributed by atoms with Gasteiger partial charge in [-0.25, -0.2) is 0 Å². The van der Waals surface area contributed by atoms with Gasteiger partial charge < -0.3 is 14.8 Å². The maximum atomic E-state index is 13.1. The Labute approximate surface area is 186 Å². The molecule has 1 aliphatic rings. The minimum absolute atomic E-state index is 0.106. The van der Waals surface area contributed by atoms with Gasteiger partial charge in [0.1, 0.15) is 0 Å². The highest BCUT2D eigenvalue weighted by Gasteiger charge is 2.21. The van der Waals surface area contributed by atoms with Crippen LogP contribution < -0.4 is 0 Å². The summed E-state index contributed by atoms with van der Waals surface area (Å²) in [5.41, 5.74) is 4.85. The number of rotatable bonds is 2. The average Bonchev–Trinajstić information content (AvgIpc) is 3.22. The van der Waals surface area contributed by atoms with Crippen LogP contribution in [0, 0.1) is 0 Å². The van der Waals surface area contributed by atoms with Crippen molar-refractivity contribution in [1.82, 2.24) is 19.8 Å². The Morgan fingerprint density at radius 1 is 0.875 bits per heavy atom. The molecule has 0 aliphatic carbocycles. The number of benzene rings is 3. The number of hydrogen-bond acceptors (Lipinski definition) is 3. The quantitative estimate of drug-likeness (QED) is 0.441. The molecule has 2 aromatic heterocycles. The predicted octanol–water partition coefficient (Wildman–Crippen LogP) is 4.92. The van der Waals surface area contributed by atoms with Crippen LogP contribution in [0.3, 0.4) is 0 Å². The van der Waals surface area contributed by atoms with E-state index >= 15 is 0 Å². The minimum atomic E-state index is 0.106. The molecular weight excluding hydrogens is 396 g/mol. The number of carbonyl (C=O) groups is 1. The molecule has 5 nitrogen and oxygen atoms in total. The van der Waals surface area contributed by atoms with E-state index in [1.807, 2.05) is 29.3 Å². The minimum Gasteiger partial charge on any atom is -0.354 e. The van der Waals surface area contributed by atoms with E-state index in [2.05, 4.69) is 65.5 Å². The summed E-state index contributed by atoms with van der Waals surface area (Å²) < 4.78 is 0. The molecule has 0 radical (unpaired) electrons. The van der Waals surface area contributed by atoms with Gasteiger partial charge >= 0.3 is 0 Å². The fourth-order valence-electron chi connectivity index (χ4n) is 4.81. The van der Waals surface area contributed by atoms with Gasteiger partial charge in [-0.15, -0.1) is 0 Å². The molecule has 0 bridgehead atoms. The van der Waals surface area contributed by atoms with Gasteiger partial charge in [0.15, 0.2) is 0 Å². The summed E-state index contributed by atoms with van der Waals surface area (Å²) in [5, 5.41) is 4.57. The molecule has 0 unspecified atom stereocenters. The molecule has 0 atom stereocenters. The van der Waals surface area contributed by atoms with Crippen LogP contribution in [0.5, 0.6) is 0 Å². The molecule has 5 heteroatoms. The van der Waals surface area contributed by atoms with Crippen molar-refractivity contribution in [2.75, 3.05) is 33.2 Å². The first-order chi connectivity index (χ1) is 15.7. The second kappa shape index (κ2) is 7.46. The molecule has 6 rings (SSSR count). The van der Waals surface area contributed by atoms with Gasteiger partial charge in [0.05, 0.1) is 5.69 Å². The number of fused-ring (bicyclic) bond motifs is 4. The Morgan fingerprint density at radius 2 is 1.72 bits per heavy atom. The van der Waals surface area contributed by atoms with Gasteiger partial charge in [-0.3, -0.25) is 9.78 Å². The van der Waals surface area contributed by atoms with E-state index in [0.29, 0.717) is 0 Å². The molecule has 1 aliphatic heterocycles. The fraction of sp³-hybridized carbons (Fsp3) is 0.185. The zero-order chi connectivity index (χ0) is 21.7. The molecule has 5 aromatic rings. The largest absolute Gasteiger partial charge is 0.354 e. The van der Waals surface area contributed by atoms with Gasteiger partial charge in [0, 0.05) is 70.7 Å². The lowest BCUT2D eigenvalue weighted by Gasteiger charge is -2.32. The molecule has 1 N–H and O–H groups in total. The summed E-state index contributed by atoms with van der Waals surface area (Å²) in [5.74, 6) is 0.106. The Morgan fingerprint density at radius 3 is 2.59 bits per heavy atom. The lowest BCUT2D eigenvalue weighted by molar-refractivity contribution is 0.0664. The standard InChI is InChI=1S/C27H24N4O/c1-30-13-15-31(16-14-30)27(32)19-9-10-21-24(17-19)29-23-8-4-7-22(25(21)23)26-20-6-3-2-5-18(20)11-12-28-26/h2-12,17,29H,13-16H2,1H3. The van der Waals surface area contributed by atoms with Gasteiger partial charge in [0.2, 0.25) is 0 Å². The fourth-order valence-corrected chi connectivity index (χ4v) is 4.81. The molecule has 3 heterocycles. The number of pyridine rings is 1. The summed E-state index contributed by atoms with van der Waals surface area (Å²) >= 11 is 0. The number of H-pyrrole nitrogens is 1. The van der Waals surface area contributed by atoms with Crippen molar-refractivity contribution in [3.05, 3.63) is 78.5 Å². The summed E-state index contributed by atoms with van der Waals surface area (Å²) in [6.07, 6.45) is 1.87. The van der Waals surface area contributed by atoms with Crippen molar-refractivity contribution in [2.24, 2.45) is 0 Å². The van der Waals surface area contributed by atoms with Gasteiger partial charge in [-0.05, 0) is 36.7 Å². The van der Waals surface area contributed by atoms with Crippen molar-refractivity contribution in [3.8, 4) is 11.3 Å². The third-order valence-electron chi connectivity index (χ3n) is 6.59. The lowest BCUT2D eigenvalue weighted by Crippen LogP contribution is -2.47. The highest BCUT2D eigenvalue weighted by atomic mass is 16.2. The van der Waals surface area contributed by atoms with Crippen LogP contribution in [0.4, 0.5) is 0 Å². The monoisotopic (exact) mass is 420 g/mol. The summed E-state index contributed by atoms with van der Waals surface area (Å²) in [7, 11) is 2.10.